The molecule has 0 radical (unpaired) electrons. The Morgan fingerprint density at radius 1 is 0.879 bits per heavy atom. The highest BCUT2D eigenvalue weighted by Gasteiger charge is 2.33. The number of amides is 2. The molecule has 2 aliphatic heterocycles. The van der Waals surface area contributed by atoms with Gasteiger partial charge in [0.1, 0.15) is 18.8 Å². The molecule has 0 unspecified atom stereocenters. The SMILES string of the molecule is O=C(c1ccc(C(F)(F)F)cc1)N1CCN(C(=O)c2cc3c(cc2[N+](=O)[O-])OCCO3)CC1. The minimum atomic E-state index is -4.50. The zero-order chi connectivity index (χ0) is 23.8. The molecule has 33 heavy (non-hydrogen) atoms. The molecule has 2 aromatic rings. The van der Waals surface area contributed by atoms with Crippen LogP contribution in [0.1, 0.15) is 26.3 Å². The summed E-state index contributed by atoms with van der Waals surface area (Å²) in [5.74, 6) is -0.607. The molecule has 1 fully saturated rings. The standard InChI is InChI=1S/C21H18F3N3O6/c22-21(23,24)14-3-1-13(2-4-14)19(28)25-5-7-26(8-6-25)20(29)15-11-17-18(33-10-9-32-17)12-16(15)27(30)31/h1-4,11-12H,5-10H2. The summed E-state index contributed by atoms with van der Waals surface area (Å²) >= 11 is 0. The summed E-state index contributed by atoms with van der Waals surface area (Å²) in [6.07, 6.45) is -4.50. The van der Waals surface area contributed by atoms with Gasteiger partial charge in [-0.3, -0.25) is 19.7 Å². The van der Waals surface area contributed by atoms with Crippen LogP contribution >= 0.6 is 0 Å². The van der Waals surface area contributed by atoms with Gasteiger partial charge in [-0.15, -0.1) is 0 Å². The smallest absolute Gasteiger partial charge is 0.416 e. The molecule has 1 saturated heterocycles. The number of nitro groups is 1. The van der Waals surface area contributed by atoms with Crippen molar-refractivity contribution in [3.63, 3.8) is 0 Å². The predicted molar refractivity (Wildman–Crippen MR) is 107 cm³/mol. The van der Waals surface area contributed by atoms with E-state index in [1.54, 1.807) is 0 Å². The fourth-order valence-electron chi connectivity index (χ4n) is 3.67. The number of halogens is 3. The molecule has 0 bridgehead atoms. The number of carbonyl (C=O) groups excluding carboxylic acids is 2. The Kier molecular flexibility index (Phi) is 5.83. The highest BCUT2D eigenvalue weighted by Crippen LogP contribution is 2.37. The van der Waals surface area contributed by atoms with Crippen molar-refractivity contribution in [3.05, 3.63) is 63.2 Å². The highest BCUT2D eigenvalue weighted by atomic mass is 19.4. The number of alkyl halides is 3. The van der Waals surface area contributed by atoms with Crippen molar-refractivity contribution in [2.45, 2.75) is 6.18 Å². The van der Waals surface area contributed by atoms with Gasteiger partial charge < -0.3 is 19.3 Å². The van der Waals surface area contributed by atoms with Gasteiger partial charge in [0.15, 0.2) is 11.5 Å². The lowest BCUT2D eigenvalue weighted by Gasteiger charge is -2.35. The number of piperazine rings is 1. The van der Waals surface area contributed by atoms with Gasteiger partial charge in [0.2, 0.25) is 0 Å². The van der Waals surface area contributed by atoms with Crippen LogP contribution in [0.2, 0.25) is 0 Å². The molecule has 4 rings (SSSR count). The summed E-state index contributed by atoms with van der Waals surface area (Å²) in [5.41, 5.74) is -1.31. The van der Waals surface area contributed by atoms with Crippen molar-refractivity contribution in [3.8, 4) is 11.5 Å². The summed E-state index contributed by atoms with van der Waals surface area (Å²) in [6, 6.07) is 6.35. The van der Waals surface area contributed by atoms with Crippen molar-refractivity contribution in [1.82, 2.24) is 9.80 Å². The number of carbonyl (C=O) groups is 2. The molecular weight excluding hydrogens is 447 g/mol. The highest BCUT2D eigenvalue weighted by molar-refractivity contribution is 5.99. The third-order valence-corrected chi connectivity index (χ3v) is 5.40. The van der Waals surface area contributed by atoms with E-state index in [0.717, 1.165) is 30.3 Å². The van der Waals surface area contributed by atoms with Crippen LogP contribution in [0, 0.1) is 10.1 Å². The van der Waals surface area contributed by atoms with Crippen LogP contribution in [-0.4, -0.2) is 65.9 Å². The average Bonchev–Trinajstić information content (AvgIpc) is 2.82. The molecule has 12 heteroatoms. The molecule has 2 heterocycles. The number of rotatable bonds is 3. The summed E-state index contributed by atoms with van der Waals surface area (Å²) < 4.78 is 48.9. The molecule has 0 aliphatic carbocycles. The molecular formula is C21H18F3N3O6. The summed E-state index contributed by atoms with van der Waals surface area (Å²) in [7, 11) is 0. The topological polar surface area (TPSA) is 102 Å². The van der Waals surface area contributed by atoms with Crippen LogP contribution < -0.4 is 9.47 Å². The molecule has 0 saturated carbocycles. The quantitative estimate of drug-likeness (QED) is 0.510. The third-order valence-electron chi connectivity index (χ3n) is 5.40. The van der Waals surface area contributed by atoms with E-state index in [4.69, 9.17) is 9.47 Å². The Morgan fingerprint density at radius 2 is 1.39 bits per heavy atom. The van der Waals surface area contributed by atoms with Crippen molar-refractivity contribution in [1.29, 1.82) is 0 Å². The zero-order valence-corrected chi connectivity index (χ0v) is 17.1. The molecule has 2 amide bonds. The van der Waals surface area contributed by atoms with Gasteiger partial charge in [-0.25, -0.2) is 0 Å². The van der Waals surface area contributed by atoms with Crippen molar-refractivity contribution >= 4 is 17.5 Å². The lowest BCUT2D eigenvalue weighted by atomic mass is 10.1. The first-order chi connectivity index (χ1) is 15.6. The van der Waals surface area contributed by atoms with Crippen LogP contribution in [0.25, 0.3) is 0 Å². The van der Waals surface area contributed by atoms with Crippen LogP contribution in [0.4, 0.5) is 18.9 Å². The fourth-order valence-corrected chi connectivity index (χ4v) is 3.67. The van der Waals surface area contributed by atoms with E-state index < -0.39 is 34.2 Å². The van der Waals surface area contributed by atoms with Crippen molar-refractivity contribution in [2.24, 2.45) is 0 Å². The van der Waals surface area contributed by atoms with Gasteiger partial charge >= 0.3 is 6.18 Å². The van der Waals surface area contributed by atoms with Crippen LogP contribution in [0.3, 0.4) is 0 Å². The maximum atomic E-state index is 13.0. The van der Waals surface area contributed by atoms with Crippen LogP contribution in [-0.2, 0) is 6.18 Å². The largest absolute Gasteiger partial charge is 0.486 e. The first-order valence-corrected chi connectivity index (χ1v) is 9.99. The summed E-state index contributed by atoms with van der Waals surface area (Å²) in [5, 5.41) is 11.5. The number of hydrogen-bond acceptors (Lipinski definition) is 6. The second-order valence-electron chi connectivity index (χ2n) is 7.43. The maximum absolute atomic E-state index is 13.0. The van der Waals surface area contributed by atoms with Gasteiger partial charge in [-0.1, -0.05) is 0 Å². The molecule has 0 atom stereocenters. The first-order valence-electron chi connectivity index (χ1n) is 9.99. The average molecular weight is 465 g/mol. The van der Waals surface area contributed by atoms with E-state index in [1.165, 1.54) is 15.9 Å². The number of benzene rings is 2. The van der Waals surface area contributed by atoms with Gasteiger partial charge in [0, 0.05) is 37.8 Å². The monoisotopic (exact) mass is 465 g/mol. The predicted octanol–water partition coefficient (Wildman–Crippen LogP) is 2.98. The Bertz CT molecular complexity index is 1100. The summed E-state index contributed by atoms with van der Waals surface area (Å²) in [6.45, 7) is 0.969. The Morgan fingerprint density at radius 3 is 1.91 bits per heavy atom. The second kappa shape index (κ2) is 8.60. The van der Waals surface area contributed by atoms with E-state index in [2.05, 4.69) is 0 Å². The van der Waals surface area contributed by atoms with E-state index in [1.807, 2.05) is 0 Å². The van der Waals surface area contributed by atoms with E-state index in [-0.39, 0.29) is 62.0 Å². The Hall–Kier alpha value is -3.83. The minimum Gasteiger partial charge on any atom is -0.486 e. The van der Waals surface area contributed by atoms with Gasteiger partial charge in [0.05, 0.1) is 16.6 Å². The minimum absolute atomic E-state index is 0.102. The number of fused-ring (bicyclic) bond motifs is 1. The molecule has 2 aromatic carbocycles. The van der Waals surface area contributed by atoms with E-state index in [9.17, 15) is 32.9 Å². The zero-order valence-electron chi connectivity index (χ0n) is 17.1. The number of ether oxygens (including phenoxy) is 2. The maximum Gasteiger partial charge on any atom is 0.416 e. The lowest BCUT2D eigenvalue weighted by molar-refractivity contribution is -0.385. The third kappa shape index (κ3) is 4.54. The Labute approximate surface area is 185 Å². The number of hydrogen-bond donors (Lipinski definition) is 0. The second-order valence-corrected chi connectivity index (χ2v) is 7.43. The normalized spacial score (nSPS) is 15.8. The first kappa shape index (κ1) is 22.4. The number of nitro benzene ring substituents is 1. The molecule has 174 valence electrons. The van der Waals surface area contributed by atoms with Crippen LogP contribution in [0.15, 0.2) is 36.4 Å². The molecule has 9 nitrogen and oxygen atoms in total. The fraction of sp³-hybridized carbons (Fsp3) is 0.333. The van der Waals surface area contributed by atoms with Crippen molar-refractivity contribution in [2.75, 3.05) is 39.4 Å². The molecule has 0 spiro atoms. The van der Waals surface area contributed by atoms with E-state index in [0.29, 0.717) is 0 Å². The molecule has 0 aromatic heterocycles. The van der Waals surface area contributed by atoms with Gasteiger partial charge in [-0.05, 0) is 24.3 Å². The summed E-state index contributed by atoms with van der Waals surface area (Å²) in [4.78, 5) is 39.3. The Balaban J connectivity index is 1.45. The van der Waals surface area contributed by atoms with Crippen molar-refractivity contribution < 1.29 is 37.2 Å². The van der Waals surface area contributed by atoms with Gasteiger partial charge in [-0.2, -0.15) is 13.2 Å². The van der Waals surface area contributed by atoms with Gasteiger partial charge in [0.25, 0.3) is 17.5 Å². The number of nitrogens with zero attached hydrogens (tertiary/aromatic N) is 3. The van der Waals surface area contributed by atoms with Crippen LogP contribution in [0.5, 0.6) is 11.5 Å². The molecule has 2 aliphatic rings. The molecule has 0 N–H and O–H groups in total. The lowest BCUT2D eigenvalue weighted by Crippen LogP contribution is -2.50. The van der Waals surface area contributed by atoms with E-state index >= 15 is 0 Å².